The van der Waals surface area contributed by atoms with Crippen molar-refractivity contribution in [1.29, 1.82) is 0 Å². The number of β-amino-alcohol motifs (C(OH)–C–C–N with tert-alkyl or cyclic N) is 1. The van der Waals surface area contributed by atoms with E-state index in [-0.39, 0.29) is 5.91 Å². The molecule has 3 N–H and O–H groups in total. The minimum atomic E-state index is -0.758. The second-order valence-corrected chi connectivity index (χ2v) is 6.07. The lowest BCUT2D eigenvalue weighted by Gasteiger charge is -2.31. The summed E-state index contributed by atoms with van der Waals surface area (Å²) >= 11 is 5.10. The van der Waals surface area contributed by atoms with Crippen molar-refractivity contribution >= 4 is 23.1 Å². The van der Waals surface area contributed by atoms with Crippen LogP contribution in [0.2, 0.25) is 0 Å². The van der Waals surface area contributed by atoms with Crippen molar-refractivity contribution in [1.82, 2.24) is 4.90 Å². The number of nitrogens with zero attached hydrogens (tertiary/aromatic N) is 1. The maximum absolute atomic E-state index is 12.5. The van der Waals surface area contributed by atoms with E-state index in [0.29, 0.717) is 24.5 Å². The fourth-order valence-corrected chi connectivity index (χ4v) is 3.26. The van der Waals surface area contributed by atoms with Gasteiger partial charge in [-0.25, -0.2) is 0 Å². The predicted octanol–water partition coefficient (Wildman–Crippen LogP) is 0.816. The first-order chi connectivity index (χ1) is 7.87. The molecule has 1 saturated heterocycles. The van der Waals surface area contributed by atoms with E-state index in [0.717, 1.165) is 25.7 Å². The zero-order chi connectivity index (χ0) is 12.7. The molecular formula is C12H20N2O2S. The molecule has 0 aromatic heterocycles. The third-order valence-corrected chi connectivity index (χ3v) is 4.47. The van der Waals surface area contributed by atoms with Gasteiger partial charge in [0.25, 0.3) is 0 Å². The average molecular weight is 256 g/mol. The first kappa shape index (κ1) is 12.8. The number of aliphatic hydroxyl groups is 1. The number of hydrogen-bond donors (Lipinski definition) is 2. The molecule has 2 aliphatic rings. The van der Waals surface area contributed by atoms with Crippen molar-refractivity contribution in [3.8, 4) is 0 Å². The van der Waals surface area contributed by atoms with E-state index in [1.54, 1.807) is 11.8 Å². The van der Waals surface area contributed by atoms with Crippen LogP contribution in [0.5, 0.6) is 0 Å². The SMILES string of the molecule is CC1(O)CCN(C(=O)C2(C(N)=S)CCCC2)C1. The molecule has 0 spiro atoms. The Balaban J connectivity index is 2.16. The van der Waals surface area contributed by atoms with Crippen molar-refractivity contribution in [2.45, 2.75) is 44.6 Å². The molecule has 1 unspecified atom stereocenters. The molecule has 1 aliphatic heterocycles. The fraction of sp³-hybridized carbons (Fsp3) is 0.833. The summed E-state index contributed by atoms with van der Waals surface area (Å²) in [7, 11) is 0. The Morgan fingerprint density at radius 2 is 1.94 bits per heavy atom. The lowest BCUT2D eigenvalue weighted by molar-refractivity contribution is -0.137. The second-order valence-electron chi connectivity index (χ2n) is 5.63. The van der Waals surface area contributed by atoms with Crippen molar-refractivity contribution in [3.63, 3.8) is 0 Å². The van der Waals surface area contributed by atoms with E-state index < -0.39 is 11.0 Å². The van der Waals surface area contributed by atoms with Gasteiger partial charge in [0.05, 0.1) is 16.0 Å². The summed E-state index contributed by atoms with van der Waals surface area (Å²) in [5.41, 5.74) is 4.40. The Labute approximate surface area is 107 Å². The van der Waals surface area contributed by atoms with Crippen LogP contribution >= 0.6 is 12.2 Å². The molecule has 1 amide bonds. The fourth-order valence-electron chi connectivity index (χ4n) is 2.97. The van der Waals surface area contributed by atoms with Crippen molar-refractivity contribution in [2.75, 3.05) is 13.1 Å². The van der Waals surface area contributed by atoms with Gasteiger partial charge in [0.15, 0.2) is 0 Å². The maximum atomic E-state index is 12.5. The van der Waals surface area contributed by atoms with Crippen molar-refractivity contribution in [2.24, 2.45) is 11.1 Å². The zero-order valence-electron chi connectivity index (χ0n) is 10.2. The van der Waals surface area contributed by atoms with Crippen LogP contribution in [0.25, 0.3) is 0 Å². The highest BCUT2D eigenvalue weighted by atomic mass is 32.1. The molecule has 0 aromatic rings. The molecule has 2 rings (SSSR count). The van der Waals surface area contributed by atoms with Crippen LogP contribution < -0.4 is 5.73 Å². The van der Waals surface area contributed by atoms with Crippen LogP contribution in [0.1, 0.15) is 39.0 Å². The number of hydrogen-bond acceptors (Lipinski definition) is 3. The third-order valence-electron chi connectivity index (χ3n) is 4.08. The lowest BCUT2D eigenvalue weighted by Crippen LogP contribution is -2.49. The molecule has 1 atom stereocenters. The van der Waals surface area contributed by atoms with E-state index in [1.807, 2.05) is 0 Å². The molecular weight excluding hydrogens is 236 g/mol. The van der Waals surface area contributed by atoms with Crippen LogP contribution in [-0.4, -0.2) is 39.6 Å². The standard InChI is InChI=1S/C12H20N2O2S/c1-11(16)6-7-14(8-11)10(15)12(9(13)17)4-2-3-5-12/h16H,2-8H2,1H3,(H2,13,17). The van der Waals surface area contributed by atoms with Gasteiger partial charge >= 0.3 is 0 Å². The Morgan fingerprint density at radius 3 is 2.35 bits per heavy atom. The molecule has 0 aromatic carbocycles. The van der Waals surface area contributed by atoms with Gasteiger partial charge in [-0.15, -0.1) is 0 Å². The van der Waals surface area contributed by atoms with Gasteiger partial charge in [0.1, 0.15) is 0 Å². The third kappa shape index (κ3) is 2.18. The monoisotopic (exact) mass is 256 g/mol. The minimum absolute atomic E-state index is 0.0280. The normalized spacial score (nSPS) is 31.8. The first-order valence-electron chi connectivity index (χ1n) is 6.19. The van der Waals surface area contributed by atoms with Crippen LogP contribution in [0, 0.1) is 5.41 Å². The predicted molar refractivity (Wildman–Crippen MR) is 69.5 cm³/mol. The highest BCUT2D eigenvalue weighted by Crippen LogP contribution is 2.41. The molecule has 1 heterocycles. The highest BCUT2D eigenvalue weighted by molar-refractivity contribution is 7.80. The van der Waals surface area contributed by atoms with Gasteiger partial charge in [-0.1, -0.05) is 25.1 Å². The number of carbonyl (C=O) groups excluding carboxylic acids is 1. The van der Waals surface area contributed by atoms with Crippen molar-refractivity contribution in [3.05, 3.63) is 0 Å². The van der Waals surface area contributed by atoms with E-state index in [1.165, 1.54) is 0 Å². The molecule has 0 bridgehead atoms. The maximum Gasteiger partial charge on any atom is 0.235 e. The molecule has 5 heteroatoms. The Morgan fingerprint density at radius 1 is 1.35 bits per heavy atom. The van der Waals surface area contributed by atoms with Gasteiger partial charge in [-0.05, 0) is 26.2 Å². The van der Waals surface area contributed by atoms with Gasteiger partial charge in [0.2, 0.25) is 5.91 Å². The number of rotatable bonds is 2. The molecule has 1 saturated carbocycles. The van der Waals surface area contributed by atoms with Crippen LogP contribution in [0.15, 0.2) is 0 Å². The number of amides is 1. The summed E-state index contributed by atoms with van der Waals surface area (Å²) in [6, 6.07) is 0. The van der Waals surface area contributed by atoms with Crippen LogP contribution in [0.4, 0.5) is 0 Å². The molecule has 2 fully saturated rings. The summed E-state index contributed by atoms with van der Waals surface area (Å²) in [6.07, 6.45) is 4.17. The Hall–Kier alpha value is -0.680. The number of likely N-dealkylation sites (tertiary alicyclic amines) is 1. The first-order valence-corrected chi connectivity index (χ1v) is 6.60. The van der Waals surface area contributed by atoms with Gasteiger partial charge in [0, 0.05) is 13.1 Å². The minimum Gasteiger partial charge on any atom is -0.392 e. The largest absolute Gasteiger partial charge is 0.392 e. The molecule has 0 radical (unpaired) electrons. The number of thiocarbonyl (C=S) groups is 1. The molecule has 1 aliphatic carbocycles. The summed E-state index contributed by atoms with van der Waals surface area (Å²) < 4.78 is 0. The molecule has 96 valence electrons. The Bertz CT molecular complexity index is 348. The summed E-state index contributed by atoms with van der Waals surface area (Å²) in [5, 5.41) is 9.92. The smallest absolute Gasteiger partial charge is 0.235 e. The molecule has 4 nitrogen and oxygen atoms in total. The van der Waals surface area contributed by atoms with Gasteiger partial charge < -0.3 is 15.7 Å². The van der Waals surface area contributed by atoms with E-state index in [2.05, 4.69) is 0 Å². The quantitative estimate of drug-likeness (QED) is 0.718. The number of carbonyl (C=O) groups is 1. The van der Waals surface area contributed by atoms with Gasteiger partial charge in [-0.3, -0.25) is 4.79 Å². The number of nitrogens with two attached hydrogens (primary N) is 1. The Kier molecular flexibility index (Phi) is 3.16. The van der Waals surface area contributed by atoms with Gasteiger partial charge in [-0.2, -0.15) is 0 Å². The molecule has 17 heavy (non-hydrogen) atoms. The summed E-state index contributed by atoms with van der Waals surface area (Å²) in [5.74, 6) is 0.0280. The second kappa shape index (κ2) is 4.21. The van der Waals surface area contributed by atoms with E-state index >= 15 is 0 Å². The van der Waals surface area contributed by atoms with E-state index in [4.69, 9.17) is 18.0 Å². The topological polar surface area (TPSA) is 66.6 Å². The lowest BCUT2D eigenvalue weighted by atomic mass is 9.84. The van der Waals surface area contributed by atoms with Crippen LogP contribution in [-0.2, 0) is 4.79 Å². The average Bonchev–Trinajstić information content (AvgIpc) is 2.83. The van der Waals surface area contributed by atoms with Crippen LogP contribution in [0.3, 0.4) is 0 Å². The highest BCUT2D eigenvalue weighted by Gasteiger charge is 2.48. The van der Waals surface area contributed by atoms with E-state index in [9.17, 15) is 9.90 Å². The van der Waals surface area contributed by atoms with Crippen molar-refractivity contribution < 1.29 is 9.90 Å². The summed E-state index contributed by atoms with van der Waals surface area (Å²) in [6.45, 7) is 2.77. The summed E-state index contributed by atoms with van der Waals surface area (Å²) in [4.78, 5) is 14.6. The zero-order valence-corrected chi connectivity index (χ0v) is 11.1.